The lowest BCUT2D eigenvalue weighted by atomic mass is 10.0. The third kappa shape index (κ3) is 46.7. The average molecular weight is 822 g/mol. The van der Waals surface area contributed by atoms with E-state index in [1.165, 1.54) is 180 Å². The second kappa shape index (κ2) is 50.2. The van der Waals surface area contributed by atoms with Gasteiger partial charge in [0, 0.05) is 6.42 Å². The van der Waals surface area contributed by atoms with Gasteiger partial charge in [0.25, 0.3) is 0 Å². The van der Waals surface area contributed by atoms with Crippen molar-refractivity contribution in [1.82, 2.24) is 5.32 Å². The monoisotopic (exact) mass is 822 g/mol. The third-order valence-electron chi connectivity index (χ3n) is 11.4. The molecule has 0 bridgehead atoms. The molecule has 0 rings (SSSR count). The molecule has 0 saturated carbocycles. The topological polar surface area (TPSA) is 69.6 Å². The van der Waals surface area contributed by atoms with Gasteiger partial charge in [-0.25, -0.2) is 0 Å². The summed E-state index contributed by atoms with van der Waals surface area (Å²) in [4.78, 5) is 12.4. The van der Waals surface area contributed by atoms with Crippen LogP contribution in [0.4, 0.5) is 0 Å². The molecule has 4 heteroatoms. The molecule has 0 saturated heterocycles. The van der Waals surface area contributed by atoms with Crippen LogP contribution in [-0.4, -0.2) is 34.9 Å². The number of unbranched alkanes of at least 4 members (excludes halogenated alkanes) is 29. The van der Waals surface area contributed by atoms with Gasteiger partial charge in [-0.1, -0.05) is 241 Å². The predicted octanol–water partition coefficient (Wildman–Crippen LogP) is 16.6. The Kier molecular flexibility index (Phi) is 48.3. The van der Waals surface area contributed by atoms with Crippen LogP contribution in [0.2, 0.25) is 0 Å². The van der Waals surface area contributed by atoms with Crippen molar-refractivity contribution >= 4 is 5.91 Å². The number of nitrogens with one attached hydrogen (secondary N) is 1. The largest absolute Gasteiger partial charge is 0.394 e. The zero-order valence-electron chi connectivity index (χ0n) is 39.3. The van der Waals surface area contributed by atoms with Crippen molar-refractivity contribution in [2.24, 2.45) is 0 Å². The highest BCUT2D eigenvalue weighted by molar-refractivity contribution is 5.76. The van der Waals surface area contributed by atoms with Gasteiger partial charge < -0.3 is 15.5 Å². The number of aliphatic hydroxyl groups excluding tert-OH is 2. The molecule has 0 aromatic heterocycles. The van der Waals surface area contributed by atoms with Crippen LogP contribution >= 0.6 is 0 Å². The Morgan fingerprint density at radius 1 is 0.407 bits per heavy atom. The number of rotatable bonds is 46. The minimum Gasteiger partial charge on any atom is -0.394 e. The summed E-state index contributed by atoms with van der Waals surface area (Å²) in [6, 6.07) is -0.645. The van der Waals surface area contributed by atoms with E-state index in [0.717, 1.165) is 51.4 Å². The Bertz CT molecular complexity index is 1020. The first-order chi connectivity index (χ1) is 29.2. The zero-order valence-corrected chi connectivity index (χ0v) is 39.3. The van der Waals surface area contributed by atoms with E-state index in [2.05, 4.69) is 79.9 Å². The highest BCUT2D eigenvalue weighted by Gasteiger charge is 2.17. The maximum absolute atomic E-state index is 12.4. The van der Waals surface area contributed by atoms with Crippen LogP contribution in [0.5, 0.6) is 0 Å². The first kappa shape index (κ1) is 56.8. The number of hydrogen-bond donors (Lipinski definition) is 3. The summed E-state index contributed by atoms with van der Waals surface area (Å²) in [6.45, 7) is 4.23. The maximum atomic E-state index is 12.4. The summed E-state index contributed by atoms with van der Waals surface area (Å²) in [5.74, 6) is -0.0789. The van der Waals surface area contributed by atoms with Crippen LogP contribution < -0.4 is 5.32 Å². The van der Waals surface area contributed by atoms with Gasteiger partial charge in [-0.2, -0.15) is 0 Å². The predicted molar refractivity (Wildman–Crippen MR) is 262 cm³/mol. The standard InChI is InChI=1S/C55H99NO3/c1-3-5-7-9-11-13-15-17-18-19-20-21-22-23-24-25-26-27-28-29-30-31-32-33-34-35-36-37-38-39-41-43-45-47-49-51-55(59)56-53(52-57)54(58)50-48-46-44-42-40-16-14-12-10-8-6-4-2/h10,12,15,17,19-20,22-23,40,42,48,50,53-54,57-58H,3-9,11,13-14,16,18,21,24-39,41,43-47,49,51-52H2,1-2H3,(H,56,59)/b12-10+,17-15-,20-19-,23-22-,42-40+,50-48+. The molecule has 1 amide bonds. The average Bonchev–Trinajstić information content (AvgIpc) is 3.24. The normalized spacial score (nSPS) is 13.5. The highest BCUT2D eigenvalue weighted by Crippen LogP contribution is 2.16. The van der Waals surface area contributed by atoms with Crippen molar-refractivity contribution in [2.45, 2.75) is 264 Å². The quantitative estimate of drug-likeness (QED) is 0.0423. The van der Waals surface area contributed by atoms with Crippen LogP contribution in [-0.2, 0) is 4.79 Å². The van der Waals surface area contributed by atoms with Gasteiger partial charge in [-0.15, -0.1) is 0 Å². The Balaban J connectivity index is 3.46. The van der Waals surface area contributed by atoms with Crippen molar-refractivity contribution in [3.8, 4) is 0 Å². The van der Waals surface area contributed by atoms with E-state index in [4.69, 9.17) is 0 Å². The zero-order chi connectivity index (χ0) is 42.8. The molecule has 0 radical (unpaired) electrons. The van der Waals surface area contributed by atoms with E-state index in [-0.39, 0.29) is 12.5 Å². The van der Waals surface area contributed by atoms with Gasteiger partial charge in [0.1, 0.15) is 0 Å². The summed E-state index contributed by atoms with van der Waals surface area (Å²) in [7, 11) is 0. The van der Waals surface area contributed by atoms with E-state index in [0.29, 0.717) is 6.42 Å². The summed E-state index contributed by atoms with van der Waals surface area (Å²) < 4.78 is 0. The van der Waals surface area contributed by atoms with Gasteiger partial charge in [0.2, 0.25) is 5.91 Å². The SMILES string of the molecule is CCCC/C=C/CC/C=C/CC/C=C/C(O)C(CO)NC(=O)CCCCCCCCCCCCCCCCCCCCCC/C=C\C/C=C\C/C=C\CCCCCCC. The molecular weight excluding hydrogens is 723 g/mol. The molecule has 0 aromatic rings. The van der Waals surface area contributed by atoms with Crippen LogP contribution in [0.3, 0.4) is 0 Å². The van der Waals surface area contributed by atoms with E-state index >= 15 is 0 Å². The maximum Gasteiger partial charge on any atom is 0.220 e. The van der Waals surface area contributed by atoms with Gasteiger partial charge >= 0.3 is 0 Å². The molecule has 0 heterocycles. The second-order valence-electron chi connectivity index (χ2n) is 17.2. The molecule has 0 aliphatic rings. The minimum atomic E-state index is -0.870. The Morgan fingerprint density at radius 3 is 1.15 bits per heavy atom. The molecule has 2 atom stereocenters. The van der Waals surface area contributed by atoms with E-state index in [9.17, 15) is 15.0 Å². The smallest absolute Gasteiger partial charge is 0.220 e. The molecular formula is C55H99NO3. The van der Waals surface area contributed by atoms with Crippen LogP contribution in [0.25, 0.3) is 0 Å². The summed E-state index contributed by atoms with van der Waals surface area (Å²) >= 11 is 0. The molecule has 2 unspecified atom stereocenters. The number of amides is 1. The van der Waals surface area contributed by atoms with Gasteiger partial charge in [-0.3, -0.25) is 4.79 Å². The fourth-order valence-corrected chi connectivity index (χ4v) is 7.44. The van der Waals surface area contributed by atoms with Gasteiger partial charge in [0.05, 0.1) is 18.8 Å². The van der Waals surface area contributed by atoms with Crippen molar-refractivity contribution in [3.05, 3.63) is 72.9 Å². The molecule has 4 nitrogen and oxygen atoms in total. The molecule has 342 valence electrons. The molecule has 0 aromatic carbocycles. The van der Waals surface area contributed by atoms with Crippen molar-refractivity contribution < 1.29 is 15.0 Å². The Hall–Kier alpha value is -2.17. The number of hydrogen-bond acceptors (Lipinski definition) is 3. The second-order valence-corrected chi connectivity index (χ2v) is 17.2. The fraction of sp³-hybridized carbons (Fsp3) is 0.764. The summed E-state index contributed by atoms with van der Waals surface area (Å²) in [5.41, 5.74) is 0. The molecule has 0 spiro atoms. The Labute approximate surface area is 368 Å². The van der Waals surface area contributed by atoms with Crippen LogP contribution in [0.1, 0.15) is 251 Å². The first-order valence-corrected chi connectivity index (χ1v) is 25.7. The number of carbonyl (C=O) groups is 1. The van der Waals surface area contributed by atoms with Gasteiger partial charge in [0.15, 0.2) is 0 Å². The lowest BCUT2D eigenvalue weighted by Gasteiger charge is -2.19. The Morgan fingerprint density at radius 2 is 0.729 bits per heavy atom. The summed E-state index contributed by atoms with van der Waals surface area (Å²) in [5, 5.41) is 23.0. The van der Waals surface area contributed by atoms with Crippen molar-refractivity contribution in [1.29, 1.82) is 0 Å². The van der Waals surface area contributed by atoms with Gasteiger partial charge in [-0.05, 0) is 77.0 Å². The molecule has 59 heavy (non-hydrogen) atoms. The van der Waals surface area contributed by atoms with Crippen molar-refractivity contribution in [3.63, 3.8) is 0 Å². The van der Waals surface area contributed by atoms with Crippen LogP contribution in [0, 0.1) is 0 Å². The fourth-order valence-electron chi connectivity index (χ4n) is 7.44. The molecule has 0 aliphatic carbocycles. The van der Waals surface area contributed by atoms with E-state index in [1.807, 2.05) is 6.08 Å². The molecule has 0 fully saturated rings. The first-order valence-electron chi connectivity index (χ1n) is 25.7. The number of carbonyl (C=O) groups excluding carboxylic acids is 1. The summed E-state index contributed by atoms with van der Waals surface area (Å²) in [6.07, 6.45) is 72.0. The molecule has 0 aliphatic heterocycles. The number of aliphatic hydroxyl groups is 2. The minimum absolute atomic E-state index is 0.0789. The lowest BCUT2D eigenvalue weighted by molar-refractivity contribution is -0.123. The van der Waals surface area contributed by atoms with E-state index < -0.39 is 12.1 Å². The van der Waals surface area contributed by atoms with Crippen molar-refractivity contribution in [2.75, 3.05) is 6.61 Å². The lowest BCUT2D eigenvalue weighted by Crippen LogP contribution is -2.45. The van der Waals surface area contributed by atoms with Crippen LogP contribution in [0.15, 0.2) is 72.9 Å². The number of allylic oxidation sites excluding steroid dienone is 11. The van der Waals surface area contributed by atoms with E-state index in [1.54, 1.807) is 6.08 Å². The highest BCUT2D eigenvalue weighted by atomic mass is 16.3. The molecule has 3 N–H and O–H groups in total. The third-order valence-corrected chi connectivity index (χ3v) is 11.4.